The average Bonchev–Trinajstić information content (AvgIpc) is 3.08. The van der Waals surface area contributed by atoms with Gasteiger partial charge >= 0.3 is 394 Å². The van der Waals surface area contributed by atoms with E-state index in [2.05, 4.69) is 39.0 Å². The van der Waals surface area contributed by atoms with Gasteiger partial charge in [-0.05, 0) is 0 Å². The molecule has 0 unspecified atom stereocenters. The summed E-state index contributed by atoms with van der Waals surface area (Å²) in [6.07, 6.45) is 5.42. The second-order valence-electron chi connectivity index (χ2n) is 0.968. The van der Waals surface area contributed by atoms with Crippen LogP contribution in [-0.2, 0) is 337 Å². The molecule has 37 heavy (non-hydrogen) atoms. The Kier molecular flexibility index (Phi) is 742. The molecule has 224 valence electrons. The molecule has 0 amide bonds. The maximum atomic E-state index is 3.39. The molecule has 0 aliphatic rings. The third kappa shape index (κ3) is 370. The van der Waals surface area contributed by atoms with Gasteiger partial charge in [-0.1, -0.05) is 55.4 Å². The van der Waals surface area contributed by atoms with Crippen molar-refractivity contribution in [2.45, 2.75) is 55.4 Å². The van der Waals surface area contributed by atoms with Crippen molar-refractivity contribution in [3.8, 4) is 0 Å². The third-order valence-corrected chi connectivity index (χ3v) is 1.88. The fourth-order valence-corrected chi connectivity index (χ4v) is 0.557. The molecule has 0 aromatic rings. The van der Waals surface area contributed by atoms with E-state index < -0.39 is 0 Å². The van der Waals surface area contributed by atoms with Gasteiger partial charge in [-0.25, -0.2) is 0 Å². The summed E-state index contributed by atoms with van der Waals surface area (Å²) < 4.78 is 11.3. The summed E-state index contributed by atoms with van der Waals surface area (Å²) in [6, 6.07) is 0. The van der Waals surface area contributed by atoms with Gasteiger partial charge in [0.05, 0.1) is 0 Å². The van der Waals surface area contributed by atoms with Crippen LogP contribution in [0.4, 0.5) is 0 Å². The van der Waals surface area contributed by atoms with Crippen LogP contribution in [0.5, 0.6) is 0 Å². The molecule has 0 N–H and O–H groups in total. The minimum atomic E-state index is 1.34. The Morgan fingerprint density at radius 3 is 0.514 bits per heavy atom. The summed E-state index contributed by atoms with van der Waals surface area (Å²) in [4.78, 5) is 0. The molecule has 0 spiro atoms. The van der Waals surface area contributed by atoms with Crippen molar-refractivity contribution >= 4 is 32.4 Å². The monoisotopic (exact) mass is 3980 g/mol. The zero-order chi connectivity index (χ0) is 34.9. The predicted octanol–water partition coefficient (Wildman–Crippen LogP) is 5.02. The van der Waals surface area contributed by atoms with Crippen LogP contribution in [-0.4, -0.2) is 16.5 Å². The molecule has 0 aromatic carbocycles. The maximum absolute atomic E-state index is 3.39. The average molecular weight is 3980 g/mol. The summed E-state index contributed by atoms with van der Waals surface area (Å²) in [5.41, 5.74) is 0. The molecule has 0 radical (unpaired) electrons. The van der Waals surface area contributed by atoms with Crippen LogP contribution in [0.15, 0.2) is 24.8 Å². The van der Waals surface area contributed by atoms with Crippen LogP contribution in [0.3, 0.4) is 0 Å². The summed E-state index contributed by atoms with van der Waals surface area (Å²) >= 11 is 35.0. The molecule has 0 heterocycles. The van der Waals surface area contributed by atoms with Crippen LogP contribution in [0.2, 0.25) is 0 Å². The molecule has 0 rings (SSSR count). The number of halogens is 1. The van der Waals surface area contributed by atoms with Gasteiger partial charge in [-0.3, -0.25) is 0 Å². The van der Waals surface area contributed by atoms with E-state index in [4.69, 9.17) is 0 Å². The summed E-state index contributed by atoms with van der Waals surface area (Å²) in [5.74, 6) is 0. The first kappa shape index (κ1) is 98.1. The Hall–Kier alpha value is 13.2. The molecule has 0 bridgehead atoms. The summed E-state index contributed by atoms with van der Waals surface area (Å²) in [5, 5.41) is 0. The van der Waals surface area contributed by atoms with E-state index in [-0.39, 0.29) is 0 Å². The Morgan fingerprint density at radius 2 is 0.486 bits per heavy atom. The van der Waals surface area contributed by atoms with Crippen LogP contribution in [0, 0.1) is 0 Å². The zero-order valence-corrected chi connectivity index (χ0v) is 81.2. The van der Waals surface area contributed by atoms with E-state index in [1.807, 2.05) is 67.5 Å². The molecule has 0 fully saturated rings. The van der Waals surface area contributed by atoms with Crippen molar-refractivity contribution < 1.29 is 337 Å². The molecule has 0 saturated carbocycles. The number of hydrogen-bond donors (Lipinski definition) is 0. The van der Waals surface area contributed by atoms with Crippen molar-refractivity contribution in [3.05, 3.63) is 24.8 Å². The van der Waals surface area contributed by atoms with Gasteiger partial charge in [0, 0.05) is 0 Å². The Labute approximate surface area is 436 Å². The molecule has 21 heteroatoms. The Morgan fingerprint density at radius 1 is 0.405 bits per heavy atom. The van der Waals surface area contributed by atoms with E-state index in [0.717, 1.165) is 0 Å². The van der Waals surface area contributed by atoms with Crippen molar-refractivity contribution in [2.24, 2.45) is 0 Å². The Bertz CT molecular complexity index is 258. The third-order valence-electron chi connectivity index (χ3n) is 0.303. The second kappa shape index (κ2) is 280. The first-order valence-corrected chi connectivity index (χ1v) is 103. The SMILES string of the molecule is Br[C-]=[W].C=C[C-]=[W].CC.CC.CC.CC.[W]=[C-]/C=C/[C-]=[W].[W]=[W].[W]=[W].[W]=[W].[W]=[W].[W]=[W].[W]=[W].[W]=[W].[W]=[W]. The van der Waals surface area contributed by atoms with Gasteiger partial charge in [0.15, 0.2) is 0 Å². The number of allylic oxidation sites excluding steroid dienone is 3. The first-order valence-electron chi connectivity index (χ1n) is 7.95. The molecule has 0 saturated heterocycles. The molecule has 0 aromatic heterocycles. The van der Waals surface area contributed by atoms with Gasteiger partial charge < -0.3 is 0 Å². The number of hydrogen-bond acceptors (Lipinski definition) is 0. The molecule has 0 aliphatic heterocycles. The predicted molar refractivity (Wildman–Crippen MR) is 93.7 cm³/mol. The van der Waals surface area contributed by atoms with Crippen LogP contribution in [0.25, 0.3) is 0 Å². The van der Waals surface area contributed by atoms with Crippen molar-refractivity contribution in [2.75, 3.05) is 0 Å². The van der Waals surface area contributed by atoms with Gasteiger partial charge in [-0.2, -0.15) is 0 Å². The van der Waals surface area contributed by atoms with Crippen LogP contribution >= 0.6 is 15.9 Å². The van der Waals surface area contributed by atoms with E-state index in [1.165, 1.54) is 77.4 Å². The molecule has 0 atom stereocenters. The molecular formula is C16H29BrW20-4. The van der Waals surface area contributed by atoms with Crippen LogP contribution < -0.4 is 0 Å². The molecular weight excluding hydrogens is 3950 g/mol. The number of rotatable bonds is 3. The minimum absolute atomic E-state index is 1.34. The van der Waals surface area contributed by atoms with Crippen molar-refractivity contribution in [1.82, 2.24) is 0 Å². The van der Waals surface area contributed by atoms with Gasteiger partial charge in [-0.15, -0.1) is 0 Å². The van der Waals surface area contributed by atoms with Gasteiger partial charge in [0.25, 0.3) is 0 Å². The fraction of sp³-hybridized carbons (Fsp3) is 0.500. The Balaban J connectivity index is -0.0000000111. The van der Waals surface area contributed by atoms with Crippen LogP contribution in [0.1, 0.15) is 55.4 Å². The normalized spacial score (nSPS) is 3.81. The van der Waals surface area contributed by atoms with Crippen molar-refractivity contribution in [1.29, 1.82) is 0 Å². The summed E-state index contributed by atoms with van der Waals surface area (Å²) in [6.45, 7) is 19.4. The fourth-order valence-electron chi connectivity index (χ4n) is 0.0680. The van der Waals surface area contributed by atoms with Gasteiger partial charge in [0.2, 0.25) is 0 Å². The quantitative estimate of drug-likeness (QED) is 0.349. The first-order chi connectivity index (χ1) is 18.2. The zero-order valence-electron chi connectivity index (χ0n) is 21.0. The van der Waals surface area contributed by atoms with E-state index in [0.29, 0.717) is 0 Å². The van der Waals surface area contributed by atoms with Crippen molar-refractivity contribution in [3.63, 3.8) is 0 Å². The summed E-state index contributed by atoms with van der Waals surface area (Å²) in [7, 11) is 0. The standard InChI is InChI=1S/C4H2.C3H3.4C2H6.CBr.20W/c1-3-4-2;1-3-2;5*1-2;;;;;;;;;;;;;;;;;;;;/h3-4H;3H,1H2;4*1-2H3;;;;;;;;;;;;;;;;;;;;;/q-2;-1;;;;;-1;;;;;;;;;;;;;;;;;;;;/b4-3+;;;;;;;;;;;;;;;;;;;;;;;;;;. The topological polar surface area (TPSA) is 0 Å². The molecule has 0 nitrogen and oxygen atoms in total. The van der Waals surface area contributed by atoms with E-state index in [1.54, 1.807) is 266 Å². The molecule has 0 aliphatic carbocycles. The van der Waals surface area contributed by atoms with Gasteiger partial charge in [0.1, 0.15) is 0 Å². The van der Waals surface area contributed by atoms with E-state index >= 15 is 0 Å². The second-order valence-corrected chi connectivity index (χ2v) is 6.71. The van der Waals surface area contributed by atoms with E-state index in [9.17, 15) is 0 Å².